The third-order valence-electron chi connectivity index (χ3n) is 4.99. The molecule has 0 aromatic heterocycles. The highest BCUT2D eigenvalue weighted by atomic mass is 16.6. The van der Waals surface area contributed by atoms with Crippen LogP contribution in [0.25, 0.3) is 0 Å². The van der Waals surface area contributed by atoms with Crippen LogP contribution in [0.3, 0.4) is 0 Å². The molecule has 0 aliphatic heterocycles. The van der Waals surface area contributed by atoms with E-state index < -0.39 is 0 Å². The highest BCUT2D eigenvalue weighted by molar-refractivity contribution is 5.71. The van der Waals surface area contributed by atoms with Crippen LogP contribution in [-0.4, -0.2) is 18.0 Å². The van der Waals surface area contributed by atoms with E-state index in [1.165, 1.54) is 38.5 Å². The Kier molecular flexibility index (Phi) is 13.3. The van der Waals surface area contributed by atoms with E-state index in [9.17, 15) is 9.59 Å². The number of ether oxygens (including phenoxy) is 2. The van der Waals surface area contributed by atoms with Gasteiger partial charge in [-0.1, -0.05) is 65.2 Å². The molecule has 0 saturated heterocycles. The molecule has 0 spiro atoms. The van der Waals surface area contributed by atoms with Gasteiger partial charge in [0.15, 0.2) is 6.10 Å². The van der Waals surface area contributed by atoms with E-state index in [2.05, 4.69) is 13.8 Å². The van der Waals surface area contributed by atoms with E-state index in [-0.39, 0.29) is 18.0 Å². The Labute approximate surface area is 160 Å². The molecule has 1 aliphatic carbocycles. The number of rotatable bonds is 14. The van der Waals surface area contributed by atoms with Gasteiger partial charge in [-0.25, -0.2) is 0 Å². The van der Waals surface area contributed by atoms with Crippen molar-refractivity contribution in [3.8, 4) is 0 Å². The SMILES string of the molecule is CCCCCCCC(=O)O[C]1CCCCC1OC(=O)CCCCCCC. The van der Waals surface area contributed by atoms with Gasteiger partial charge in [0.25, 0.3) is 0 Å². The molecule has 26 heavy (non-hydrogen) atoms. The van der Waals surface area contributed by atoms with Crippen molar-refractivity contribution in [2.75, 3.05) is 0 Å². The molecule has 0 amide bonds. The van der Waals surface area contributed by atoms with Crippen LogP contribution in [-0.2, 0) is 19.1 Å². The molecular weight excluding hydrogens is 328 g/mol. The van der Waals surface area contributed by atoms with Crippen molar-refractivity contribution in [3.05, 3.63) is 6.10 Å². The molecule has 1 rings (SSSR count). The van der Waals surface area contributed by atoms with Gasteiger partial charge in [-0.3, -0.25) is 9.59 Å². The van der Waals surface area contributed by atoms with Crippen molar-refractivity contribution in [3.63, 3.8) is 0 Å². The van der Waals surface area contributed by atoms with E-state index in [1.807, 2.05) is 0 Å². The summed E-state index contributed by atoms with van der Waals surface area (Å²) in [4.78, 5) is 24.1. The van der Waals surface area contributed by atoms with Gasteiger partial charge < -0.3 is 9.47 Å². The average molecular weight is 368 g/mol. The summed E-state index contributed by atoms with van der Waals surface area (Å²) in [7, 11) is 0. The van der Waals surface area contributed by atoms with Crippen LogP contribution < -0.4 is 0 Å². The summed E-state index contributed by atoms with van der Waals surface area (Å²) in [6.07, 6.45) is 16.0. The molecule has 1 saturated carbocycles. The van der Waals surface area contributed by atoms with Crippen molar-refractivity contribution >= 4 is 11.9 Å². The Bertz CT molecular complexity index is 344. The van der Waals surface area contributed by atoms with Crippen molar-refractivity contribution in [2.45, 2.75) is 123 Å². The zero-order valence-corrected chi connectivity index (χ0v) is 17.0. The maximum absolute atomic E-state index is 12.1. The van der Waals surface area contributed by atoms with E-state index in [0.29, 0.717) is 18.9 Å². The zero-order valence-electron chi connectivity index (χ0n) is 17.0. The number of unbranched alkanes of at least 4 members (excludes halogenated alkanes) is 8. The fourth-order valence-electron chi connectivity index (χ4n) is 3.35. The predicted octanol–water partition coefficient (Wildman–Crippen LogP) is 6.27. The molecule has 4 heteroatoms. The highest BCUT2D eigenvalue weighted by Gasteiger charge is 2.32. The highest BCUT2D eigenvalue weighted by Crippen LogP contribution is 2.30. The minimum Gasteiger partial charge on any atom is -0.458 e. The van der Waals surface area contributed by atoms with Crippen LogP contribution in [0.2, 0.25) is 0 Å². The van der Waals surface area contributed by atoms with Gasteiger partial charge in [-0.05, 0) is 38.5 Å². The number of esters is 2. The van der Waals surface area contributed by atoms with Crippen molar-refractivity contribution in [1.82, 2.24) is 0 Å². The topological polar surface area (TPSA) is 52.6 Å². The molecule has 0 bridgehead atoms. The van der Waals surface area contributed by atoms with Crippen LogP contribution in [0.4, 0.5) is 0 Å². The van der Waals surface area contributed by atoms with Crippen molar-refractivity contribution < 1.29 is 19.1 Å². The summed E-state index contributed by atoms with van der Waals surface area (Å²) >= 11 is 0. The van der Waals surface area contributed by atoms with Crippen LogP contribution in [0, 0.1) is 6.10 Å². The Morgan fingerprint density at radius 2 is 1.38 bits per heavy atom. The standard InChI is InChI=1S/C22H39O4/c1-3-5-7-9-11-17-21(23)25-19-15-13-14-16-20(19)26-22(24)18-12-10-8-6-4-2/h19H,3-18H2,1-2H3. The molecule has 0 N–H and O–H groups in total. The van der Waals surface area contributed by atoms with E-state index in [1.54, 1.807) is 0 Å². The van der Waals surface area contributed by atoms with Gasteiger partial charge >= 0.3 is 11.9 Å². The Morgan fingerprint density at radius 3 is 2.00 bits per heavy atom. The third-order valence-corrected chi connectivity index (χ3v) is 4.99. The van der Waals surface area contributed by atoms with E-state index in [0.717, 1.165) is 51.4 Å². The molecule has 1 fully saturated rings. The summed E-state index contributed by atoms with van der Waals surface area (Å²) in [5.41, 5.74) is 0. The van der Waals surface area contributed by atoms with Gasteiger partial charge in [-0.2, -0.15) is 0 Å². The molecule has 151 valence electrons. The lowest BCUT2D eigenvalue weighted by Gasteiger charge is -2.29. The third kappa shape index (κ3) is 10.8. The first-order chi connectivity index (χ1) is 12.7. The van der Waals surface area contributed by atoms with Crippen LogP contribution >= 0.6 is 0 Å². The first-order valence-electron chi connectivity index (χ1n) is 10.9. The van der Waals surface area contributed by atoms with Crippen LogP contribution in [0.1, 0.15) is 117 Å². The quantitative estimate of drug-likeness (QED) is 0.268. The summed E-state index contributed by atoms with van der Waals surface area (Å²) < 4.78 is 11.2. The predicted molar refractivity (Wildman–Crippen MR) is 104 cm³/mol. The summed E-state index contributed by atoms with van der Waals surface area (Å²) in [5, 5.41) is 0. The van der Waals surface area contributed by atoms with Gasteiger partial charge in [0.05, 0.1) is 0 Å². The van der Waals surface area contributed by atoms with E-state index >= 15 is 0 Å². The van der Waals surface area contributed by atoms with Gasteiger partial charge in [0.2, 0.25) is 0 Å². The maximum Gasteiger partial charge on any atom is 0.306 e. The van der Waals surface area contributed by atoms with E-state index in [4.69, 9.17) is 9.47 Å². The summed E-state index contributed by atoms with van der Waals surface area (Å²) in [6.45, 7) is 4.36. The molecule has 4 nitrogen and oxygen atoms in total. The first kappa shape index (κ1) is 23.0. The Morgan fingerprint density at radius 1 is 0.808 bits per heavy atom. The summed E-state index contributed by atoms with van der Waals surface area (Å²) in [6, 6.07) is 0. The minimum absolute atomic E-state index is 0.151. The minimum atomic E-state index is -0.323. The Hall–Kier alpha value is -1.06. The number of carbonyl (C=O) groups is 2. The lowest BCUT2D eigenvalue weighted by atomic mass is 9.94. The van der Waals surface area contributed by atoms with Crippen molar-refractivity contribution in [2.24, 2.45) is 0 Å². The lowest BCUT2D eigenvalue weighted by molar-refractivity contribution is -0.160. The molecule has 1 unspecified atom stereocenters. The van der Waals surface area contributed by atoms with Crippen LogP contribution in [0.15, 0.2) is 0 Å². The van der Waals surface area contributed by atoms with Gasteiger partial charge in [0.1, 0.15) is 6.10 Å². The normalized spacial score (nSPS) is 17.8. The zero-order chi connectivity index (χ0) is 19.0. The molecule has 0 aromatic carbocycles. The van der Waals surface area contributed by atoms with Gasteiger partial charge in [0, 0.05) is 12.8 Å². The number of hydrogen-bond donors (Lipinski definition) is 0. The molecule has 1 atom stereocenters. The number of carbonyl (C=O) groups excluding carboxylic acids is 2. The molecular formula is C22H39O4. The molecule has 1 aliphatic rings. The first-order valence-corrected chi connectivity index (χ1v) is 10.9. The second kappa shape index (κ2) is 15.0. The fraction of sp³-hybridized carbons (Fsp3) is 0.864. The molecule has 0 heterocycles. The number of hydrogen-bond acceptors (Lipinski definition) is 4. The second-order valence-corrected chi connectivity index (χ2v) is 7.49. The van der Waals surface area contributed by atoms with Crippen molar-refractivity contribution in [1.29, 1.82) is 0 Å². The average Bonchev–Trinajstić information content (AvgIpc) is 2.63. The summed E-state index contributed by atoms with van der Waals surface area (Å²) in [5.74, 6) is -0.319. The van der Waals surface area contributed by atoms with Gasteiger partial charge in [-0.15, -0.1) is 0 Å². The lowest BCUT2D eigenvalue weighted by Crippen LogP contribution is -2.31. The molecule has 0 aromatic rings. The van der Waals surface area contributed by atoms with Crippen LogP contribution in [0.5, 0.6) is 0 Å². The second-order valence-electron chi connectivity index (χ2n) is 7.49. The monoisotopic (exact) mass is 367 g/mol. The molecule has 1 radical (unpaired) electrons. The largest absolute Gasteiger partial charge is 0.458 e. The maximum atomic E-state index is 12.1. The smallest absolute Gasteiger partial charge is 0.306 e. The fourth-order valence-corrected chi connectivity index (χ4v) is 3.35. The Balaban J connectivity index is 2.25.